The van der Waals surface area contributed by atoms with Gasteiger partial charge in [0.25, 0.3) is 11.8 Å². The number of benzene rings is 4. The fourth-order valence-corrected chi connectivity index (χ4v) is 3.61. The van der Waals surface area contributed by atoms with Gasteiger partial charge in [-0.2, -0.15) is 5.10 Å². The number of amides is 2. The van der Waals surface area contributed by atoms with E-state index in [-0.39, 0.29) is 12.5 Å². The van der Waals surface area contributed by atoms with Gasteiger partial charge in [0.2, 0.25) is 0 Å². The molecule has 8 nitrogen and oxygen atoms in total. The van der Waals surface area contributed by atoms with Crippen molar-refractivity contribution >= 4 is 35.3 Å². The van der Waals surface area contributed by atoms with E-state index in [1.807, 2.05) is 30.3 Å². The van der Waals surface area contributed by atoms with Gasteiger partial charge < -0.3 is 19.5 Å². The Morgan fingerprint density at radius 1 is 0.846 bits per heavy atom. The summed E-state index contributed by atoms with van der Waals surface area (Å²) >= 11 is 5.87. The maximum Gasteiger partial charge on any atom is 0.271 e. The number of carbonyl (C=O) groups is 2. The molecule has 0 saturated carbocycles. The summed E-state index contributed by atoms with van der Waals surface area (Å²) in [6, 6.07) is 28.4. The van der Waals surface area contributed by atoms with Crippen LogP contribution in [0.4, 0.5) is 5.69 Å². The number of hydrogen-bond donors (Lipinski definition) is 2. The van der Waals surface area contributed by atoms with Crippen LogP contribution in [0.15, 0.2) is 102 Å². The summed E-state index contributed by atoms with van der Waals surface area (Å²) in [7, 11) is 1.51. The smallest absolute Gasteiger partial charge is 0.271 e. The van der Waals surface area contributed by atoms with Crippen LogP contribution in [0.2, 0.25) is 5.02 Å². The van der Waals surface area contributed by atoms with E-state index in [2.05, 4.69) is 15.8 Å². The molecule has 0 aliphatic carbocycles. The number of para-hydroxylation sites is 1. The van der Waals surface area contributed by atoms with E-state index in [0.717, 1.165) is 5.56 Å². The van der Waals surface area contributed by atoms with E-state index in [1.165, 1.54) is 13.3 Å². The second-order valence-electron chi connectivity index (χ2n) is 8.22. The molecule has 0 bridgehead atoms. The number of ether oxygens (including phenoxy) is 3. The largest absolute Gasteiger partial charge is 0.493 e. The van der Waals surface area contributed by atoms with Crippen LogP contribution >= 0.6 is 11.6 Å². The summed E-state index contributed by atoms with van der Waals surface area (Å²) in [5.41, 5.74) is 5.05. The molecule has 4 rings (SSSR count). The number of nitrogens with zero attached hydrogens (tertiary/aromatic N) is 1. The molecular weight excluding hydrogens is 518 g/mol. The van der Waals surface area contributed by atoms with Gasteiger partial charge in [-0.05, 0) is 60.2 Å². The van der Waals surface area contributed by atoms with Crippen LogP contribution in [0.1, 0.15) is 21.5 Å². The lowest BCUT2D eigenvalue weighted by Gasteiger charge is -2.12. The van der Waals surface area contributed by atoms with Crippen LogP contribution in [0.25, 0.3) is 0 Å². The second-order valence-corrected chi connectivity index (χ2v) is 8.66. The molecule has 9 heteroatoms. The molecule has 4 aromatic rings. The molecule has 0 spiro atoms. The molecule has 0 aliphatic rings. The molecule has 0 atom stereocenters. The minimum absolute atomic E-state index is 0.210. The normalized spacial score (nSPS) is 10.6. The van der Waals surface area contributed by atoms with Crippen LogP contribution in [0.5, 0.6) is 17.2 Å². The Morgan fingerprint density at radius 3 is 2.36 bits per heavy atom. The Morgan fingerprint density at radius 2 is 1.59 bits per heavy atom. The predicted octanol–water partition coefficient (Wildman–Crippen LogP) is 5.71. The van der Waals surface area contributed by atoms with Crippen molar-refractivity contribution in [2.24, 2.45) is 5.10 Å². The third kappa shape index (κ3) is 8.08. The summed E-state index contributed by atoms with van der Waals surface area (Å²) in [5.74, 6) is 0.622. The number of rotatable bonds is 11. The van der Waals surface area contributed by atoms with Crippen molar-refractivity contribution in [2.75, 3.05) is 19.0 Å². The van der Waals surface area contributed by atoms with Crippen LogP contribution in [-0.4, -0.2) is 31.7 Å². The SMILES string of the molecule is COc1cc(C(=O)N/N=C/c2ccccc2OCC(=O)Nc2ccc(Cl)cc2)ccc1OCc1ccccc1. The molecule has 0 saturated heterocycles. The van der Waals surface area contributed by atoms with Crippen molar-refractivity contribution < 1.29 is 23.8 Å². The molecule has 0 heterocycles. The van der Waals surface area contributed by atoms with E-state index in [9.17, 15) is 9.59 Å². The Hall–Kier alpha value is -4.82. The average molecular weight is 544 g/mol. The molecule has 198 valence electrons. The third-order valence-electron chi connectivity index (χ3n) is 5.44. The fraction of sp³-hybridized carbons (Fsp3) is 0.100. The summed E-state index contributed by atoms with van der Waals surface area (Å²) in [5, 5.41) is 7.36. The van der Waals surface area contributed by atoms with E-state index in [0.29, 0.717) is 45.7 Å². The number of hydrazone groups is 1. The van der Waals surface area contributed by atoms with E-state index in [4.69, 9.17) is 25.8 Å². The molecule has 39 heavy (non-hydrogen) atoms. The fourth-order valence-electron chi connectivity index (χ4n) is 3.48. The van der Waals surface area contributed by atoms with Crippen LogP contribution in [-0.2, 0) is 11.4 Å². The topological polar surface area (TPSA) is 98.3 Å². The molecule has 0 unspecified atom stereocenters. The number of anilines is 1. The summed E-state index contributed by atoms with van der Waals surface area (Å²) in [6.07, 6.45) is 1.44. The first-order chi connectivity index (χ1) is 19.0. The van der Waals surface area contributed by atoms with Gasteiger partial charge in [0.15, 0.2) is 18.1 Å². The van der Waals surface area contributed by atoms with Crippen molar-refractivity contribution in [3.8, 4) is 17.2 Å². The summed E-state index contributed by atoms with van der Waals surface area (Å²) in [4.78, 5) is 24.9. The minimum atomic E-state index is -0.431. The van der Waals surface area contributed by atoms with Crippen molar-refractivity contribution in [1.82, 2.24) is 5.43 Å². The molecule has 4 aromatic carbocycles. The Labute approximate surface area is 231 Å². The molecule has 2 amide bonds. The molecular formula is C30H26ClN3O5. The lowest BCUT2D eigenvalue weighted by atomic mass is 10.2. The highest BCUT2D eigenvalue weighted by Crippen LogP contribution is 2.29. The molecule has 0 fully saturated rings. The zero-order valence-electron chi connectivity index (χ0n) is 21.1. The predicted molar refractivity (Wildman–Crippen MR) is 151 cm³/mol. The first kappa shape index (κ1) is 27.2. The van der Waals surface area contributed by atoms with Gasteiger partial charge >= 0.3 is 0 Å². The van der Waals surface area contributed by atoms with Crippen molar-refractivity contribution in [3.63, 3.8) is 0 Å². The molecule has 2 N–H and O–H groups in total. The molecule has 0 radical (unpaired) electrons. The number of hydrogen-bond acceptors (Lipinski definition) is 6. The van der Waals surface area contributed by atoms with E-state index in [1.54, 1.807) is 66.7 Å². The number of methoxy groups -OCH3 is 1. The Bertz CT molecular complexity index is 1440. The number of halogens is 1. The maximum atomic E-state index is 12.7. The van der Waals surface area contributed by atoms with Gasteiger partial charge in [0.05, 0.1) is 13.3 Å². The third-order valence-corrected chi connectivity index (χ3v) is 5.69. The van der Waals surface area contributed by atoms with Crippen molar-refractivity contribution in [1.29, 1.82) is 0 Å². The zero-order chi connectivity index (χ0) is 27.5. The standard InChI is InChI=1S/C30H26ClN3O5/c1-37-28-17-22(11-16-27(28)38-19-21-7-3-2-4-8-21)30(36)34-32-18-23-9-5-6-10-26(23)39-20-29(35)33-25-14-12-24(31)13-15-25/h2-18H,19-20H2,1H3,(H,33,35)(H,34,36)/b32-18+. The highest BCUT2D eigenvalue weighted by Gasteiger charge is 2.12. The number of nitrogens with one attached hydrogen (secondary N) is 2. The second kappa shape index (κ2) is 13.6. The van der Waals surface area contributed by atoms with Gasteiger partial charge in [0, 0.05) is 21.8 Å². The summed E-state index contributed by atoms with van der Waals surface area (Å²) < 4.78 is 16.9. The van der Waals surface area contributed by atoms with Crippen molar-refractivity contribution in [2.45, 2.75) is 6.61 Å². The van der Waals surface area contributed by atoms with Gasteiger partial charge in [-0.3, -0.25) is 9.59 Å². The van der Waals surface area contributed by atoms with E-state index >= 15 is 0 Å². The van der Waals surface area contributed by atoms with E-state index < -0.39 is 5.91 Å². The maximum absolute atomic E-state index is 12.7. The quantitative estimate of drug-likeness (QED) is 0.186. The van der Waals surface area contributed by atoms with Crippen molar-refractivity contribution in [3.05, 3.63) is 119 Å². The average Bonchev–Trinajstić information content (AvgIpc) is 2.97. The lowest BCUT2D eigenvalue weighted by molar-refractivity contribution is -0.118. The first-order valence-corrected chi connectivity index (χ1v) is 12.3. The van der Waals surface area contributed by atoms with Gasteiger partial charge in [-0.15, -0.1) is 0 Å². The van der Waals surface area contributed by atoms with Gasteiger partial charge in [-0.25, -0.2) is 5.43 Å². The molecule has 0 aromatic heterocycles. The van der Waals surface area contributed by atoms with Crippen LogP contribution in [0, 0.1) is 0 Å². The number of carbonyl (C=O) groups excluding carboxylic acids is 2. The van der Waals surface area contributed by atoms with Gasteiger partial charge in [0.1, 0.15) is 12.4 Å². The monoisotopic (exact) mass is 543 g/mol. The Kier molecular flexibility index (Phi) is 9.52. The lowest BCUT2D eigenvalue weighted by Crippen LogP contribution is -2.20. The summed E-state index contributed by atoms with van der Waals surface area (Å²) in [6.45, 7) is 0.162. The zero-order valence-corrected chi connectivity index (χ0v) is 21.9. The first-order valence-electron chi connectivity index (χ1n) is 12.0. The highest BCUT2D eigenvalue weighted by atomic mass is 35.5. The highest BCUT2D eigenvalue weighted by molar-refractivity contribution is 6.30. The molecule has 0 aliphatic heterocycles. The van der Waals surface area contributed by atoms with Crippen LogP contribution in [0.3, 0.4) is 0 Å². The Balaban J connectivity index is 1.33. The van der Waals surface area contributed by atoms with Crippen LogP contribution < -0.4 is 25.0 Å². The minimum Gasteiger partial charge on any atom is -0.493 e. The van der Waals surface area contributed by atoms with Gasteiger partial charge in [-0.1, -0.05) is 54.1 Å².